The van der Waals surface area contributed by atoms with Gasteiger partial charge >= 0.3 is 0 Å². The summed E-state index contributed by atoms with van der Waals surface area (Å²) < 4.78 is 0. The minimum absolute atomic E-state index is 0.0497. The fourth-order valence-electron chi connectivity index (χ4n) is 2.80. The second kappa shape index (κ2) is 7.71. The summed E-state index contributed by atoms with van der Waals surface area (Å²) in [5.41, 5.74) is 0. The number of nitrogens with one attached hydrogen (secondary N) is 1. The molecular weight excluding hydrogens is 284 g/mol. The van der Waals surface area contributed by atoms with Crippen molar-refractivity contribution < 1.29 is 9.59 Å². The summed E-state index contributed by atoms with van der Waals surface area (Å²) in [4.78, 5) is 26.5. The van der Waals surface area contributed by atoms with Crippen LogP contribution in [-0.2, 0) is 9.59 Å². The zero-order chi connectivity index (χ0) is 15.2. The average molecular weight is 308 g/mol. The molecule has 5 heteroatoms. The van der Waals surface area contributed by atoms with E-state index in [0.717, 1.165) is 25.7 Å². The Balaban J connectivity index is 1.89. The SMILES string of the molecule is CC(C)C(NC(=O)CN1CCCC(C=O)C1)c1cccs1. The van der Waals surface area contributed by atoms with Crippen LogP contribution < -0.4 is 5.32 Å². The predicted molar refractivity (Wildman–Crippen MR) is 85.3 cm³/mol. The predicted octanol–water partition coefficient (Wildman–Crippen LogP) is 2.47. The fraction of sp³-hybridized carbons (Fsp3) is 0.625. The molecule has 0 radical (unpaired) electrons. The molecule has 1 aromatic rings. The Bertz CT molecular complexity index is 459. The minimum atomic E-state index is 0.0497. The zero-order valence-electron chi connectivity index (χ0n) is 12.7. The van der Waals surface area contributed by atoms with E-state index < -0.39 is 0 Å². The highest BCUT2D eigenvalue weighted by Gasteiger charge is 2.23. The molecule has 2 atom stereocenters. The van der Waals surface area contributed by atoms with Crippen LogP contribution in [0.4, 0.5) is 0 Å². The summed E-state index contributed by atoms with van der Waals surface area (Å²) in [5.74, 6) is 0.495. The molecular formula is C16H24N2O2S. The van der Waals surface area contributed by atoms with Crippen LogP contribution in [0.3, 0.4) is 0 Å². The van der Waals surface area contributed by atoms with Crippen LogP contribution >= 0.6 is 11.3 Å². The summed E-state index contributed by atoms with van der Waals surface area (Å²) in [6.45, 7) is 6.24. The van der Waals surface area contributed by atoms with Gasteiger partial charge in [-0.15, -0.1) is 11.3 Å². The Kier molecular flexibility index (Phi) is 5.94. The molecule has 2 rings (SSSR count). The minimum Gasteiger partial charge on any atom is -0.347 e. The normalized spacial score (nSPS) is 21.2. The molecule has 4 nitrogen and oxygen atoms in total. The zero-order valence-corrected chi connectivity index (χ0v) is 13.6. The summed E-state index contributed by atoms with van der Waals surface area (Å²) in [6.07, 6.45) is 2.97. The van der Waals surface area contributed by atoms with Gasteiger partial charge in [0, 0.05) is 17.3 Å². The van der Waals surface area contributed by atoms with Gasteiger partial charge in [-0.3, -0.25) is 9.69 Å². The highest BCUT2D eigenvalue weighted by atomic mass is 32.1. The van der Waals surface area contributed by atoms with E-state index in [-0.39, 0.29) is 17.9 Å². The number of aldehydes is 1. The second-order valence-corrected chi connectivity index (χ2v) is 7.06. The van der Waals surface area contributed by atoms with Gasteiger partial charge in [-0.2, -0.15) is 0 Å². The maximum Gasteiger partial charge on any atom is 0.234 e. The molecule has 1 fully saturated rings. The average Bonchev–Trinajstić information content (AvgIpc) is 2.98. The molecule has 1 N–H and O–H groups in total. The lowest BCUT2D eigenvalue weighted by atomic mass is 9.99. The summed E-state index contributed by atoms with van der Waals surface area (Å²) >= 11 is 1.68. The van der Waals surface area contributed by atoms with E-state index in [0.29, 0.717) is 19.0 Å². The molecule has 1 amide bonds. The molecule has 0 saturated carbocycles. The van der Waals surface area contributed by atoms with Gasteiger partial charge in [-0.05, 0) is 36.8 Å². The number of thiophene rings is 1. The third-order valence-corrected chi connectivity index (χ3v) is 4.89. The van der Waals surface area contributed by atoms with Crippen LogP contribution in [0.5, 0.6) is 0 Å². The first-order valence-electron chi connectivity index (χ1n) is 7.60. The van der Waals surface area contributed by atoms with Crippen molar-refractivity contribution >= 4 is 23.5 Å². The summed E-state index contributed by atoms with van der Waals surface area (Å²) in [6, 6.07) is 4.16. The van der Waals surface area contributed by atoms with E-state index in [2.05, 4.69) is 30.1 Å². The van der Waals surface area contributed by atoms with Gasteiger partial charge in [0.15, 0.2) is 0 Å². The Morgan fingerprint density at radius 2 is 2.38 bits per heavy atom. The van der Waals surface area contributed by atoms with Crippen molar-refractivity contribution in [2.75, 3.05) is 19.6 Å². The third-order valence-electron chi connectivity index (χ3n) is 3.93. The molecule has 2 unspecified atom stereocenters. The number of carbonyl (C=O) groups excluding carboxylic acids is 2. The standard InChI is InChI=1S/C16H24N2O2S/c1-12(2)16(14-6-4-8-21-14)17-15(20)10-18-7-3-5-13(9-18)11-19/h4,6,8,11-13,16H,3,5,7,9-10H2,1-2H3,(H,17,20). The van der Waals surface area contributed by atoms with Crippen LogP contribution in [0, 0.1) is 11.8 Å². The number of hydrogen-bond acceptors (Lipinski definition) is 4. The quantitative estimate of drug-likeness (QED) is 0.821. The number of piperidine rings is 1. The van der Waals surface area contributed by atoms with Gasteiger partial charge < -0.3 is 10.1 Å². The maximum atomic E-state index is 12.3. The summed E-state index contributed by atoms with van der Waals surface area (Å²) in [5, 5.41) is 5.18. The molecule has 0 aromatic carbocycles. The van der Waals surface area contributed by atoms with Gasteiger partial charge in [-0.1, -0.05) is 19.9 Å². The van der Waals surface area contributed by atoms with E-state index in [1.54, 1.807) is 11.3 Å². The number of likely N-dealkylation sites (tertiary alicyclic amines) is 1. The van der Waals surface area contributed by atoms with Gasteiger partial charge in [0.25, 0.3) is 0 Å². The van der Waals surface area contributed by atoms with E-state index in [4.69, 9.17) is 0 Å². The fourth-order valence-corrected chi connectivity index (χ4v) is 3.75. The Labute approximate surface area is 130 Å². The highest BCUT2D eigenvalue weighted by Crippen LogP contribution is 2.25. The van der Waals surface area contributed by atoms with Crippen molar-refractivity contribution in [1.82, 2.24) is 10.2 Å². The first kappa shape index (κ1) is 16.2. The van der Waals surface area contributed by atoms with Crippen molar-refractivity contribution in [1.29, 1.82) is 0 Å². The second-order valence-electron chi connectivity index (χ2n) is 6.08. The van der Waals surface area contributed by atoms with Crippen LogP contribution in [0.15, 0.2) is 17.5 Å². The molecule has 21 heavy (non-hydrogen) atoms. The summed E-state index contributed by atoms with van der Waals surface area (Å²) in [7, 11) is 0. The van der Waals surface area contributed by atoms with Gasteiger partial charge in [0.1, 0.15) is 6.29 Å². The Hall–Kier alpha value is -1.20. The number of rotatable bonds is 6. The molecule has 0 bridgehead atoms. The number of carbonyl (C=O) groups is 2. The lowest BCUT2D eigenvalue weighted by Crippen LogP contribution is -2.44. The molecule has 1 saturated heterocycles. The number of nitrogens with zero attached hydrogens (tertiary/aromatic N) is 1. The van der Waals surface area contributed by atoms with Gasteiger partial charge in [-0.25, -0.2) is 0 Å². The Morgan fingerprint density at radius 3 is 3.00 bits per heavy atom. The lowest BCUT2D eigenvalue weighted by molar-refractivity contribution is -0.124. The van der Waals surface area contributed by atoms with Crippen LogP contribution in [-0.4, -0.2) is 36.7 Å². The third kappa shape index (κ3) is 4.64. The molecule has 1 aliphatic heterocycles. The van der Waals surface area contributed by atoms with E-state index in [1.165, 1.54) is 4.88 Å². The lowest BCUT2D eigenvalue weighted by Gasteiger charge is -2.30. The topological polar surface area (TPSA) is 49.4 Å². The van der Waals surface area contributed by atoms with Crippen molar-refractivity contribution in [2.45, 2.75) is 32.7 Å². The highest BCUT2D eigenvalue weighted by molar-refractivity contribution is 7.10. The van der Waals surface area contributed by atoms with E-state index in [1.807, 2.05) is 11.4 Å². The maximum absolute atomic E-state index is 12.3. The molecule has 2 heterocycles. The van der Waals surface area contributed by atoms with Gasteiger partial charge in [0.2, 0.25) is 5.91 Å². The van der Waals surface area contributed by atoms with Crippen LogP contribution in [0.2, 0.25) is 0 Å². The van der Waals surface area contributed by atoms with E-state index >= 15 is 0 Å². The smallest absolute Gasteiger partial charge is 0.234 e. The van der Waals surface area contributed by atoms with Crippen molar-refractivity contribution in [3.63, 3.8) is 0 Å². The molecule has 1 aromatic heterocycles. The van der Waals surface area contributed by atoms with Crippen LogP contribution in [0.25, 0.3) is 0 Å². The monoisotopic (exact) mass is 308 g/mol. The first-order valence-corrected chi connectivity index (χ1v) is 8.48. The number of hydrogen-bond donors (Lipinski definition) is 1. The largest absolute Gasteiger partial charge is 0.347 e. The van der Waals surface area contributed by atoms with Gasteiger partial charge in [0.05, 0.1) is 12.6 Å². The Morgan fingerprint density at radius 1 is 1.57 bits per heavy atom. The molecule has 0 aliphatic carbocycles. The van der Waals surface area contributed by atoms with Crippen LogP contribution in [0.1, 0.15) is 37.6 Å². The van der Waals surface area contributed by atoms with Crippen molar-refractivity contribution in [2.24, 2.45) is 11.8 Å². The van der Waals surface area contributed by atoms with E-state index in [9.17, 15) is 9.59 Å². The number of amides is 1. The first-order chi connectivity index (χ1) is 10.1. The molecule has 116 valence electrons. The molecule has 1 aliphatic rings. The molecule has 0 spiro atoms. The van der Waals surface area contributed by atoms with Crippen molar-refractivity contribution in [3.05, 3.63) is 22.4 Å². The van der Waals surface area contributed by atoms with Crippen molar-refractivity contribution in [3.8, 4) is 0 Å².